The number of rotatable bonds is 5. The van der Waals surface area contributed by atoms with Crippen molar-refractivity contribution in [2.24, 2.45) is 5.73 Å². The highest BCUT2D eigenvalue weighted by molar-refractivity contribution is 5.76. The molecule has 110 valence electrons. The van der Waals surface area contributed by atoms with Gasteiger partial charge in [-0.1, -0.05) is 0 Å². The van der Waals surface area contributed by atoms with Gasteiger partial charge in [-0.25, -0.2) is 0 Å². The molecule has 0 radical (unpaired) electrons. The molecule has 0 saturated carbocycles. The molecule has 1 heterocycles. The van der Waals surface area contributed by atoms with E-state index in [2.05, 4.69) is 53.1 Å². The molecule has 0 amide bonds. The lowest BCUT2D eigenvalue weighted by molar-refractivity contribution is 0.264. The van der Waals surface area contributed by atoms with Gasteiger partial charge in [-0.15, -0.1) is 0 Å². The molecule has 20 heavy (non-hydrogen) atoms. The van der Waals surface area contributed by atoms with Crippen molar-refractivity contribution in [3.63, 3.8) is 0 Å². The first-order chi connectivity index (χ1) is 9.56. The van der Waals surface area contributed by atoms with Gasteiger partial charge in [-0.2, -0.15) is 0 Å². The molecule has 1 aliphatic heterocycles. The van der Waals surface area contributed by atoms with Crippen LogP contribution in [0.2, 0.25) is 0 Å². The SMILES string of the molecule is CN(C)c1ccc(N2CCN(CCC(=N)N)CC2)cc1. The molecule has 0 aromatic heterocycles. The van der Waals surface area contributed by atoms with E-state index in [9.17, 15) is 0 Å². The number of hydrogen-bond acceptors (Lipinski definition) is 4. The number of amidine groups is 1. The molecule has 0 atom stereocenters. The Balaban J connectivity index is 1.85. The summed E-state index contributed by atoms with van der Waals surface area (Å²) in [5.41, 5.74) is 7.93. The Morgan fingerprint density at radius 1 is 1.15 bits per heavy atom. The molecular formula is C15H25N5. The van der Waals surface area contributed by atoms with Crippen LogP contribution >= 0.6 is 0 Å². The fourth-order valence-electron chi connectivity index (χ4n) is 2.47. The molecule has 1 aromatic rings. The summed E-state index contributed by atoms with van der Waals surface area (Å²) in [4.78, 5) is 6.92. The maximum absolute atomic E-state index is 7.28. The van der Waals surface area contributed by atoms with Crippen LogP contribution in [0.1, 0.15) is 6.42 Å². The van der Waals surface area contributed by atoms with Gasteiger partial charge < -0.3 is 15.5 Å². The molecule has 2 rings (SSSR count). The van der Waals surface area contributed by atoms with Gasteiger partial charge >= 0.3 is 0 Å². The first kappa shape index (κ1) is 14.7. The summed E-state index contributed by atoms with van der Waals surface area (Å²) in [6.45, 7) is 5.08. The Labute approximate surface area is 121 Å². The van der Waals surface area contributed by atoms with Crippen LogP contribution in [0.25, 0.3) is 0 Å². The molecule has 5 heteroatoms. The molecule has 0 aliphatic carbocycles. The monoisotopic (exact) mass is 275 g/mol. The van der Waals surface area contributed by atoms with Crippen LogP contribution in [0.3, 0.4) is 0 Å². The largest absolute Gasteiger partial charge is 0.388 e. The molecule has 0 bridgehead atoms. The number of nitrogens with zero attached hydrogens (tertiary/aromatic N) is 3. The molecule has 1 aromatic carbocycles. The van der Waals surface area contributed by atoms with Crippen molar-refractivity contribution in [2.75, 3.05) is 56.6 Å². The zero-order valence-electron chi connectivity index (χ0n) is 12.5. The normalized spacial score (nSPS) is 16.2. The number of piperazine rings is 1. The van der Waals surface area contributed by atoms with Crippen molar-refractivity contribution < 1.29 is 0 Å². The fourth-order valence-corrected chi connectivity index (χ4v) is 2.47. The van der Waals surface area contributed by atoms with Crippen LogP contribution in [0.4, 0.5) is 11.4 Å². The van der Waals surface area contributed by atoms with Crippen LogP contribution in [-0.2, 0) is 0 Å². The van der Waals surface area contributed by atoms with Crippen LogP contribution in [0.5, 0.6) is 0 Å². The number of anilines is 2. The fraction of sp³-hybridized carbons (Fsp3) is 0.533. The first-order valence-electron chi connectivity index (χ1n) is 7.14. The average molecular weight is 275 g/mol. The van der Waals surface area contributed by atoms with Crippen molar-refractivity contribution in [2.45, 2.75) is 6.42 Å². The Morgan fingerprint density at radius 2 is 1.75 bits per heavy atom. The van der Waals surface area contributed by atoms with E-state index in [1.807, 2.05) is 0 Å². The van der Waals surface area contributed by atoms with E-state index in [1.54, 1.807) is 0 Å². The lowest BCUT2D eigenvalue weighted by atomic mass is 10.2. The highest BCUT2D eigenvalue weighted by atomic mass is 15.3. The smallest absolute Gasteiger partial charge is 0.0918 e. The molecule has 3 N–H and O–H groups in total. The number of nitrogens with one attached hydrogen (secondary N) is 1. The van der Waals surface area contributed by atoms with E-state index >= 15 is 0 Å². The Kier molecular flexibility index (Phi) is 4.84. The predicted molar refractivity (Wildman–Crippen MR) is 86.0 cm³/mol. The van der Waals surface area contributed by atoms with Crippen molar-refractivity contribution in [3.8, 4) is 0 Å². The summed E-state index contributed by atoms with van der Waals surface area (Å²) in [5.74, 6) is 0.284. The molecule has 1 saturated heterocycles. The quantitative estimate of drug-likeness (QED) is 0.626. The van der Waals surface area contributed by atoms with Crippen LogP contribution in [-0.4, -0.2) is 57.6 Å². The third kappa shape index (κ3) is 3.87. The van der Waals surface area contributed by atoms with Gasteiger partial charge in [0.1, 0.15) is 0 Å². The lowest BCUT2D eigenvalue weighted by Gasteiger charge is -2.36. The van der Waals surface area contributed by atoms with Crippen LogP contribution in [0, 0.1) is 5.41 Å². The van der Waals surface area contributed by atoms with Gasteiger partial charge in [-0.05, 0) is 24.3 Å². The summed E-state index contributed by atoms with van der Waals surface area (Å²) >= 11 is 0. The van der Waals surface area contributed by atoms with E-state index in [0.717, 1.165) is 32.7 Å². The summed E-state index contributed by atoms with van der Waals surface area (Å²) in [5, 5.41) is 7.28. The van der Waals surface area contributed by atoms with Gasteiger partial charge in [0, 0.05) is 64.6 Å². The standard InChI is InChI=1S/C15H25N5/c1-18(2)13-3-5-14(6-4-13)20-11-9-19(10-12-20)8-7-15(16)17/h3-6H,7-12H2,1-2H3,(H3,16,17). The predicted octanol–water partition coefficient (Wildman–Crippen LogP) is 1.20. The van der Waals surface area contributed by atoms with E-state index in [4.69, 9.17) is 11.1 Å². The van der Waals surface area contributed by atoms with Gasteiger partial charge in [0.2, 0.25) is 0 Å². The highest BCUT2D eigenvalue weighted by Gasteiger charge is 2.16. The first-order valence-corrected chi connectivity index (χ1v) is 7.14. The van der Waals surface area contributed by atoms with Crippen LogP contribution < -0.4 is 15.5 Å². The maximum Gasteiger partial charge on any atom is 0.0918 e. The topological polar surface area (TPSA) is 59.6 Å². The van der Waals surface area contributed by atoms with Crippen molar-refractivity contribution >= 4 is 17.2 Å². The summed E-state index contributed by atoms with van der Waals surface area (Å²) in [7, 11) is 4.12. The Morgan fingerprint density at radius 3 is 2.25 bits per heavy atom. The van der Waals surface area contributed by atoms with E-state index < -0.39 is 0 Å². The second-order valence-corrected chi connectivity index (χ2v) is 5.51. The second-order valence-electron chi connectivity index (χ2n) is 5.51. The highest BCUT2D eigenvalue weighted by Crippen LogP contribution is 2.20. The molecule has 1 fully saturated rings. The number of hydrogen-bond donors (Lipinski definition) is 2. The van der Waals surface area contributed by atoms with E-state index in [0.29, 0.717) is 6.42 Å². The summed E-state index contributed by atoms with van der Waals surface area (Å²) < 4.78 is 0. The minimum atomic E-state index is 0.284. The lowest BCUT2D eigenvalue weighted by Crippen LogP contribution is -2.47. The van der Waals surface area contributed by atoms with Crippen molar-refractivity contribution in [1.82, 2.24) is 4.90 Å². The number of benzene rings is 1. The van der Waals surface area contributed by atoms with Crippen LogP contribution in [0.15, 0.2) is 24.3 Å². The van der Waals surface area contributed by atoms with E-state index in [1.165, 1.54) is 11.4 Å². The number of nitrogens with two attached hydrogens (primary N) is 1. The van der Waals surface area contributed by atoms with Gasteiger partial charge in [-0.3, -0.25) is 10.3 Å². The zero-order valence-corrected chi connectivity index (χ0v) is 12.5. The van der Waals surface area contributed by atoms with Crippen molar-refractivity contribution in [3.05, 3.63) is 24.3 Å². The van der Waals surface area contributed by atoms with Crippen molar-refractivity contribution in [1.29, 1.82) is 5.41 Å². The third-order valence-electron chi connectivity index (χ3n) is 3.80. The molecule has 1 aliphatic rings. The Bertz CT molecular complexity index is 432. The summed E-state index contributed by atoms with van der Waals surface area (Å²) in [6, 6.07) is 8.72. The molecule has 0 spiro atoms. The average Bonchev–Trinajstić information content (AvgIpc) is 2.46. The van der Waals surface area contributed by atoms with Gasteiger partial charge in [0.15, 0.2) is 0 Å². The second kappa shape index (κ2) is 6.61. The molecule has 5 nitrogen and oxygen atoms in total. The van der Waals surface area contributed by atoms with Gasteiger partial charge in [0.05, 0.1) is 5.84 Å². The van der Waals surface area contributed by atoms with E-state index in [-0.39, 0.29) is 5.84 Å². The minimum Gasteiger partial charge on any atom is -0.388 e. The molecular weight excluding hydrogens is 250 g/mol. The molecule has 0 unspecified atom stereocenters. The van der Waals surface area contributed by atoms with Gasteiger partial charge in [0.25, 0.3) is 0 Å². The third-order valence-corrected chi connectivity index (χ3v) is 3.80. The Hall–Kier alpha value is -1.75. The summed E-state index contributed by atoms with van der Waals surface area (Å²) in [6.07, 6.45) is 0.678. The maximum atomic E-state index is 7.28. The minimum absolute atomic E-state index is 0.284. The zero-order chi connectivity index (χ0) is 14.5.